The van der Waals surface area contributed by atoms with E-state index in [4.69, 9.17) is 0 Å². The molecule has 0 radical (unpaired) electrons. The average molecular weight is 351 g/mol. The maximum absolute atomic E-state index is 3.44. The first-order chi connectivity index (χ1) is 13.3. The highest BCUT2D eigenvalue weighted by atomic mass is 15.0. The van der Waals surface area contributed by atoms with Gasteiger partial charge in [-0.1, -0.05) is 54.6 Å². The first-order valence-electron chi connectivity index (χ1n) is 9.36. The van der Waals surface area contributed by atoms with E-state index < -0.39 is 0 Å². The van der Waals surface area contributed by atoms with Crippen molar-refractivity contribution in [3.05, 3.63) is 108 Å². The van der Waals surface area contributed by atoms with Crippen molar-refractivity contribution < 1.29 is 4.57 Å². The Labute approximate surface area is 160 Å². The first-order valence-corrected chi connectivity index (χ1v) is 9.36. The largest absolute Gasteiger partial charge is 0.355 e. The summed E-state index contributed by atoms with van der Waals surface area (Å²) in [5.41, 5.74) is 5.93. The number of allylic oxidation sites excluding steroid dienone is 5. The number of pyridine rings is 1. The van der Waals surface area contributed by atoms with Crippen LogP contribution in [0.15, 0.2) is 96.7 Å². The van der Waals surface area contributed by atoms with Crippen molar-refractivity contribution in [2.75, 3.05) is 5.32 Å². The van der Waals surface area contributed by atoms with E-state index in [0.29, 0.717) is 0 Å². The van der Waals surface area contributed by atoms with E-state index >= 15 is 0 Å². The molecule has 0 aliphatic carbocycles. The highest BCUT2D eigenvalue weighted by molar-refractivity contribution is 5.76. The lowest BCUT2D eigenvalue weighted by molar-refractivity contribution is -0.669. The molecule has 2 nitrogen and oxygen atoms in total. The Bertz CT molecular complexity index is 1080. The number of nitrogens with one attached hydrogen (secondary N) is 1. The van der Waals surface area contributed by atoms with Crippen molar-refractivity contribution in [1.82, 2.24) is 0 Å². The van der Waals surface area contributed by atoms with Crippen molar-refractivity contribution in [2.45, 2.75) is 13.5 Å². The van der Waals surface area contributed by atoms with Crippen molar-refractivity contribution in [3.8, 4) is 0 Å². The lowest BCUT2D eigenvalue weighted by atomic mass is 10.1. The van der Waals surface area contributed by atoms with E-state index in [1.807, 2.05) is 6.07 Å². The highest BCUT2D eigenvalue weighted by Crippen LogP contribution is 2.23. The first kappa shape index (κ1) is 17.0. The standard InChI is InChI=1S/C25H22N2/c1-2-27-23(19-17-21-11-7-9-15-25(21)27)13-5-3-4-12-22-18-16-20-10-6-8-14-24(20)26-22/h3-19H,2H2,1H3/p+1. The topological polar surface area (TPSA) is 15.9 Å². The summed E-state index contributed by atoms with van der Waals surface area (Å²) in [5, 5.41) is 4.71. The Morgan fingerprint density at radius 3 is 2.63 bits per heavy atom. The normalized spacial score (nSPS) is 14.9. The third-order valence-corrected chi connectivity index (χ3v) is 4.74. The van der Waals surface area contributed by atoms with Gasteiger partial charge in [-0.25, -0.2) is 0 Å². The van der Waals surface area contributed by atoms with Gasteiger partial charge in [0, 0.05) is 35.0 Å². The molecule has 0 bridgehead atoms. The fourth-order valence-electron chi connectivity index (χ4n) is 3.38. The molecule has 0 saturated carbocycles. The number of fused-ring (bicyclic) bond motifs is 2. The average Bonchev–Trinajstić information content (AvgIpc) is 2.73. The summed E-state index contributed by atoms with van der Waals surface area (Å²) in [6, 6.07) is 21.2. The van der Waals surface area contributed by atoms with Crippen LogP contribution in [-0.2, 0) is 6.54 Å². The number of rotatable bonds is 4. The van der Waals surface area contributed by atoms with E-state index in [2.05, 4.69) is 114 Å². The molecule has 27 heavy (non-hydrogen) atoms. The summed E-state index contributed by atoms with van der Waals surface area (Å²) in [7, 11) is 0. The Hall–Kier alpha value is -3.39. The SMILES string of the molecule is CC[n+]1c(C=CC=CC=C2C=Cc3ccccc3N2)ccc2ccccc21. The minimum absolute atomic E-state index is 0.947. The zero-order chi connectivity index (χ0) is 18.5. The van der Waals surface area contributed by atoms with Gasteiger partial charge in [-0.15, -0.1) is 0 Å². The van der Waals surface area contributed by atoms with Crippen LogP contribution in [0.1, 0.15) is 18.2 Å². The monoisotopic (exact) mass is 351 g/mol. The number of nitrogens with zero attached hydrogens (tertiary/aromatic N) is 1. The summed E-state index contributed by atoms with van der Waals surface area (Å²) in [6.07, 6.45) is 14.7. The van der Waals surface area contributed by atoms with Crippen LogP contribution in [0.5, 0.6) is 0 Å². The number of benzene rings is 2. The van der Waals surface area contributed by atoms with Gasteiger partial charge in [0.2, 0.25) is 11.2 Å². The Balaban J connectivity index is 1.49. The predicted molar refractivity (Wildman–Crippen MR) is 115 cm³/mol. The van der Waals surface area contributed by atoms with Crippen LogP contribution in [0, 0.1) is 0 Å². The third-order valence-electron chi connectivity index (χ3n) is 4.74. The Morgan fingerprint density at radius 2 is 1.70 bits per heavy atom. The molecular weight excluding hydrogens is 328 g/mol. The molecule has 0 unspecified atom stereocenters. The summed E-state index contributed by atoms with van der Waals surface area (Å²) >= 11 is 0. The fraction of sp³-hybridized carbons (Fsp3) is 0.0800. The van der Waals surface area contributed by atoms with Crippen LogP contribution in [0.25, 0.3) is 23.1 Å². The lowest BCUT2D eigenvalue weighted by Crippen LogP contribution is -2.36. The highest BCUT2D eigenvalue weighted by Gasteiger charge is 2.10. The number of hydrogen-bond donors (Lipinski definition) is 1. The molecule has 0 fully saturated rings. The second-order valence-electron chi connectivity index (χ2n) is 6.47. The molecule has 2 aromatic carbocycles. The van der Waals surface area contributed by atoms with Crippen LogP contribution >= 0.6 is 0 Å². The number of hydrogen-bond acceptors (Lipinski definition) is 1. The molecule has 0 amide bonds. The van der Waals surface area contributed by atoms with E-state index in [-0.39, 0.29) is 0 Å². The molecule has 0 spiro atoms. The van der Waals surface area contributed by atoms with E-state index in [9.17, 15) is 0 Å². The van der Waals surface area contributed by atoms with Crippen molar-refractivity contribution in [2.24, 2.45) is 0 Å². The molecule has 4 rings (SSSR count). The molecule has 3 aromatic rings. The van der Waals surface area contributed by atoms with E-state index in [1.54, 1.807) is 0 Å². The quantitative estimate of drug-likeness (QED) is 0.468. The fourth-order valence-corrected chi connectivity index (χ4v) is 3.38. The number of para-hydroxylation sites is 2. The summed E-state index contributed by atoms with van der Waals surface area (Å²) < 4.78 is 2.33. The number of aryl methyl sites for hydroxylation is 1. The number of anilines is 1. The maximum atomic E-state index is 3.44. The zero-order valence-electron chi connectivity index (χ0n) is 15.5. The van der Waals surface area contributed by atoms with Crippen LogP contribution in [-0.4, -0.2) is 0 Å². The van der Waals surface area contributed by atoms with Gasteiger partial charge >= 0.3 is 0 Å². The number of aromatic nitrogens is 1. The zero-order valence-corrected chi connectivity index (χ0v) is 15.5. The van der Waals surface area contributed by atoms with E-state index in [1.165, 1.54) is 22.2 Å². The van der Waals surface area contributed by atoms with Crippen LogP contribution in [0.3, 0.4) is 0 Å². The lowest BCUT2D eigenvalue weighted by Gasteiger charge is -2.14. The molecule has 1 aromatic heterocycles. The van der Waals surface area contributed by atoms with Gasteiger partial charge in [0.1, 0.15) is 6.54 Å². The van der Waals surface area contributed by atoms with Crippen molar-refractivity contribution in [1.29, 1.82) is 0 Å². The van der Waals surface area contributed by atoms with Crippen LogP contribution in [0.2, 0.25) is 0 Å². The summed E-state index contributed by atoms with van der Waals surface area (Å²) in [4.78, 5) is 0. The molecule has 132 valence electrons. The van der Waals surface area contributed by atoms with Gasteiger partial charge in [-0.2, -0.15) is 4.57 Å². The molecule has 0 atom stereocenters. The third kappa shape index (κ3) is 3.75. The Morgan fingerprint density at radius 1 is 0.852 bits per heavy atom. The predicted octanol–water partition coefficient (Wildman–Crippen LogP) is 5.74. The van der Waals surface area contributed by atoms with Gasteiger partial charge in [0.05, 0.1) is 0 Å². The van der Waals surface area contributed by atoms with Gasteiger partial charge in [-0.05, 0) is 42.8 Å². The van der Waals surface area contributed by atoms with Gasteiger partial charge in [0.15, 0.2) is 0 Å². The van der Waals surface area contributed by atoms with Gasteiger partial charge in [0.25, 0.3) is 0 Å². The molecule has 1 aliphatic rings. The van der Waals surface area contributed by atoms with Gasteiger partial charge in [-0.3, -0.25) is 0 Å². The molecule has 2 heterocycles. The molecule has 1 aliphatic heterocycles. The smallest absolute Gasteiger partial charge is 0.212 e. The molecular formula is C25H23N2+. The molecule has 2 heteroatoms. The second-order valence-corrected chi connectivity index (χ2v) is 6.47. The Kier molecular flexibility index (Phi) is 4.97. The summed E-state index contributed by atoms with van der Waals surface area (Å²) in [6.45, 7) is 3.13. The van der Waals surface area contributed by atoms with Crippen LogP contribution < -0.4 is 9.88 Å². The summed E-state index contributed by atoms with van der Waals surface area (Å²) in [5.74, 6) is 0. The van der Waals surface area contributed by atoms with E-state index in [0.717, 1.165) is 17.9 Å². The van der Waals surface area contributed by atoms with Crippen molar-refractivity contribution >= 4 is 28.7 Å². The van der Waals surface area contributed by atoms with Crippen molar-refractivity contribution in [3.63, 3.8) is 0 Å². The molecule has 0 saturated heterocycles. The van der Waals surface area contributed by atoms with Gasteiger partial charge < -0.3 is 5.32 Å². The second kappa shape index (κ2) is 7.88. The minimum Gasteiger partial charge on any atom is -0.355 e. The molecule has 1 N–H and O–H groups in total. The maximum Gasteiger partial charge on any atom is 0.212 e. The van der Waals surface area contributed by atoms with Crippen LogP contribution in [0.4, 0.5) is 5.69 Å². The minimum atomic E-state index is 0.947.